The molecule has 0 spiro atoms. The zero-order valence-corrected chi connectivity index (χ0v) is 17.0. The Morgan fingerprint density at radius 1 is 1.11 bits per heavy atom. The van der Waals surface area contributed by atoms with Gasteiger partial charge < -0.3 is 15.7 Å². The second-order valence-corrected chi connectivity index (χ2v) is 7.47. The summed E-state index contributed by atoms with van der Waals surface area (Å²) in [4.78, 5) is 13.3. The number of anilines is 3. The summed E-state index contributed by atoms with van der Waals surface area (Å²) < 4.78 is 0. The van der Waals surface area contributed by atoms with Gasteiger partial charge in [-0.3, -0.25) is 4.98 Å². The first-order valence-corrected chi connectivity index (χ1v) is 9.61. The van der Waals surface area contributed by atoms with Gasteiger partial charge in [-0.15, -0.1) is 0 Å². The third kappa shape index (κ3) is 5.10. The number of benzene rings is 1. The lowest BCUT2D eigenvalue weighted by molar-refractivity contribution is 0.248. The number of hydrogen-bond acceptors (Lipinski definition) is 6. The lowest BCUT2D eigenvalue weighted by Gasteiger charge is -2.20. The van der Waals surface area contributed by atoms with Crippen molar-refractivity contribution in [1.29, 1.82) is 0 Å². The molecule has 3 N–H and O–H groups in total. The summed E-state index contributed by atoms with van der Waals surface area (Å²) in [6.07, 6.45) is 3.44. The van der Waals surface area contributed by atoms with Gasteiger partial charge in [-0.2, -0.15) is 4.98 Å². The van der Waals surface area contributed by atoms with Crippen LogP contribution < -0.4 is 10.6 Å². The Balaban J connectivity index is 1.99. The van der Waals surface area contributed by atoms with Crippen molar-refractivity contribution in [3.05, 3.63) is 58.8 Å². The molecular formula is C20H21Cl2N5O. The second-order valence-electron chi connectivity index (χ2n) is 6.63. The highest BCUT2D eigenvalue weighted by Crippen LogP contribution is 2.29. The third-order valence-electron chi connectivity index (χ3n) is 4.19. The van der Waals surface area contributed by atoms with Gasteiger partial charge in [-0.1, -0.05) is 37.0 Å². The van der Waals surface area contributed by atoms with Gasteiger partial charge in [0.05, 0.1) is 29.1 Å². The Bertz CT molecular complexity index is 937. The molecule has 146 valence electrons. The molecule has 0 aliphatic carbocycles. The van der Waals surface area contributed by atoms with E-state index >= 15 is 0 Å². The lowest BCUT2D eigenvalue weighted by Crippen LogP contribution is -2.30. The van der Waals surface area contributed by atoms with Crippen LogP contribution in [0.2, 0.25) is 10.0 Å². The van der Waals surface area contributed by atoms with Gasteiger partial charge in [0.25, 0.3) is 0 Å². The smallest absolute Gasteiger partial charge is 0.225 e. The van der Waals surface area contributed by atoms with Crippen molar-refractivity contribution in [2.45, 2.75) is 19.9 Å². The highest BCUT2D eigenvalue weighted by atomic mass is 35.5. The van der Waals surface area contributed by atoms with Crippen molar-refractivity contribution >= 4 is 40.7 Å². The molecule has 6 nitrogen and oxygen atoms in total. The molecule has 3 aromatic rings. The van der Waals surface area contributed by atoms with Crippen molar-refractivity contribution in [3.8, 4) is 11.3 Å². The van der Waals surface area contributed by atoms with Crippen LogP contribution in [-0.2, 0) is 0 Å². The maximum atomic E-state index is 9.64. The number of pyridine rings is 1. The SMILES string of the molecule is CC(C)[C@@H](CO)Nc1nc(Nc2ccc(Cl)cc2Cl)cc(-c2cccnc2)n1. The lowest BCUT2D eigenvalue weighted by atomic mass is 10.1. The molecule has 8 heteroatoms. The molecule has 1 aromatic carbocycles. The first-order chi connectivity index (χ1) is 13.5. The quantitative estimate of drug-likeness (QED) is 0.500. The van der Waals surface area contributed by atoms with Gasteiger partial charge in [0.2, 0.25) is 5.95 Å². The Morgan fingerprint density at radius 3 is 2.57 bits per heavy atom. The number of nitrogens with one attached hydrogen (secondary N) is 2. The van der Waals surface area contributed by atoms with Crippen LogP contribution in [0, 0.1) is 5.92 Å². The van der Waals surface area contributed by atoms with Crippen molar-refractivity contribution in [2.75, 3.05) is 17.2 Å². The molecule has 2 heterocycles. The van der Waals surface area contributed by atoms with E-state index in [0.717, 1.165) is 5.56 Å². The zero-order chi connectivity index (χ0) is 20.1. The summed E-state index contributed by atoms with van der Waals surface area (Å²) in [5.41, 5.74) is 2.22. The average Bonchev–Trinajstić information content (AvgIpc) is 2.68. The number of aromatic nitrogens is 3. The molecule has 0 fully saturated rings. The minimum absolute atomic E-state index is 0.0239. The monoisotopic (exact) mass is 417 g/mol. The summed E-state index contributed by atoms with van der Waals surface area (Å²) in [5.74, 6) is 1.17. The Hall–Kier alpha value is -2.41. The topological polar surface area (TPSA) is 83.0 Å². The van der Waals surface area contributed by atoms with E-state index in [1.54, 1.807) is 30.6 Å². The number of halogens is 2. The summed E-state index contributed by atoms with van der Waals surface area (Å²) in [6, 6.07) is 10.6. The Kier molecular flexibility index (Phi) is 6.67. The second kappa shape index (κ2) is 9.19. The van der Waals surface area contributed by atoms with Crippen molar-refractivity contribution < 1.29 is 5.11 Å². The molecule has 28 heavy (non-hydrogen) atoms. The minimum Gasteiger partial charge on any atom is -0.394 e. The van der Waals surface area contributed by atoms with Crippen LogP contribution in [0.25, 0.3) is 11.3 Å². The van der Waals surface area contributed by atoms with Gasteiger partial charge in [0.1, 0.15) is 5.82 Å². The first kappa shape index (κ1) is 20.3. The van der Waals surface area contributed by atoms with Crippen LogP contribution in [0.5, 0.6) is 0 Å². The molecule has 3 rings (SSSR count). The minimum atomic E-state index is -0.170. The largest absolute Gasteiger partial charge is 0.394 e. The summed E-state index contributed by atoms with van der Waals surface area (Å²) >= 11 is 12.3. The van der Waals surface area contributed by atoms with Crippen LogP contribution in [0.3, 0.4) is 0 Å². The first-order valence-electron chi connectivity index (χ1n) is 8.85. The molecule has 0 aliphatic heterocycles. The zero-order valence-electron chi connectivity index (χ0n) is 15.5. The van der Waals surface area contributed by atoms with Crippen LogP contribution >= 0.6 is 23.2 Å². The van der Waals surface area contributed by atoms with Crippen molar-refractivity contribution in [3.63, 3.8) is 0 Å². The van der Waals surface area contributed by atoms with E-state index < -0.39 is 0 Å². The van der Waals surface area contributed by atoms with E-state index in [1.807, 2.05) is 32.0 Å². The van der Waals surface area contributed by atoms with E-state index in [-0.39, 0.29) is 18.6 Å². The predicted molar refractivity (Wildman–Crippen MR) is 114 cm³/mol. The van der Waals surface area contributed by atoms with Crippen LogP contribution in [0.15, 0.2) is 48.8 Å². The van der Waals surface area contributed by atoms with Crippen molar-refractivity contribution in [1.82, 2.24) is 15.0 Å². The normalized spacial score (nSPS) is 12.1. The fourth-order valence-electron chi connectivity index (χ4n) is 2.56. The van der Waals surface area contributed by atoms with Gasteiger partial charge in [0.15, 0.2) is 0 Å². The number of nitrogens with zero attached hydrogens (tertiary/aromatic N) is 3. The fourth-order valence-corrected chi connectivity index (χ4v) is 3.01. The van der Waals surface area contributed by atoms with Gasteiger partial charge >= 0.3 is 0 Å². The van der Waals surface area contributed by atoms with E-state index in [0.29, 0.717) is 33.2 Å². The maximum absolute atomic E-state index is 9.64. The fraction of sp³-hybridized carbons (Fsp3) is 0.250. The van der Waals surface area contributed by atoms with Crippen LogP contribution in [0.1, 0.15) is 13.8 Å². The molecule has 0 saturated carbocycles. The third-order valence-corrected chi connectivity index (χ3v) is 4.74. The summed E-state index contributed by atoms with van der Waals surface area (Å²) in [6.45, 7) is 4.01. The van der Waals surface area contributed by atoms with Crippen LogP contribution in [0.4, 0.5) is 17.5 Å². The maximum Gasteiger partial charge on any atom is 0.225 e. The molecule has 0 aliphatic rings. The van der Waals surface area contributed by atoms with Crippen molar-refractivity contribution in [2.24, 2.45) is 5.92 Å². The molecule has 0 bridgehead atoms. The van der Waals surface area contributed by atoms with Crippen LogP contribution in [-0.4, -0.2) is 32.7 Å². The van der Waals surface area contributed by atoms with Gasteiger partial charge in [-0.05, 0) is 36.2 Å². The molecular weight excluding hydrogens is 397 g/mol. The van der Waals surface area contributed by atoms with E-state index in [1.165, 1.54) is 0 Å². The number of rotatable bonds is 7. The van der Waals surface area contributed by atoms with E-state index in [2.05, 4.69) is 25.6 Å². The Labute approximate surface area is 174 Å². The number of hydrogen-bond donors (Lipinski definition) is 3. The highest BCUT2D eigenvalue weighted by molar-refractivity contribution is 6.36. The number of aliphatic hydroxyl groups is 1. The molecule has 0 radical (unpaired) electrons. The highest BCUT2D eigenvalue weighted by Gasteiger charge is 2.15. The predicted octanol–water partition coefficient (Wildman–Crippen LogP) is 5.02. The average molecular weight is 418 g/mol. The molecule has 0 amide bonds. The summed E-state index contributed by atoms with van der Waals surface area (Å²) in [7, 11) is 0. The molecule has 2 aromatic heterocycles. The standard InChI is InChI=1S/C20H21Cl2N5O/c1-12(2)18(11-28)26-20-25-17(13-4-3-7-23-10-13)9-19(27-20)24-16-6-5-14(21)8-15(16)22/h3-10,12,18,28H,11H2,1-2H3,(H2,24,25,26,27)/t18-/m1/s1. The molecule has 0 saturated heterocycles. The molecule has 1 atom stereocenters. The summed E-state index contributed by atoms with van der Waals surface area (Å²) in [5, 5.41) is 17.1. The van der Waals surface area contributed by atoms with E-state index in [9.17, 15) is 5.11 Å². The Morgan fingerprint density at radius 2 is 1.93 bits per heavy atom. The number of aliphatic hydroxyl groups excluding tert-OH is 1. The van der Waals surface area contributed by atoms with Gasteiger partial charge in [0, 0.05) is 29.0 Å². The van der Waals surface area contributed by atoms with Gasteiger partial charge in [-0.25, -0.2) is 4.98 Å². The van der Waals surface area contributed by atoms with E-state index in [4.69, 9.17) is 23.2 Å². The molecule has 0 unspecified atom stereocenters.